The van der Waals surface area contributed by atoms with Gasteiger partial charge in [0, 0.05) is 15.3 Å². The number of carbonyl (C=O) groups is 1. The number of hydrogen-bond donors (Lipinski definition) is 0. The largest absolute Gasteiger partial charge is 0.497 e. The molecule has 0 unspecified atom stereocenters. The Labute approximate surface area is 121 Å². The molecule has 1 heterocycles. The van der Waals surface area contributed by atoms with E-state index in [0.29, 0.717) is 11.3 Å². The molecule has 1 aromatic carbocycles. The van der Waals surface area contributed by atoms with Crippen molar-refractivity contribution >= 4 is 23.2 Å². The number of aryl methyl sites for hydroxylation is 1. The van der Waals surface area contributed by atoms with E-state index in [0.717, 1.165) is 9.75 Å². The summed E-state index contributed by atoms with van der Waals surface area (Å²) in [5, 5.41) is 9.19. The number of methoxy groups -OCH3 is 1. The van der Waals surface area contributed by atoms with Gasteiger partial charge in [0.05, 0.1) is 7.11 Å². The van der Waals surface area contributed by atoms with E-state index < -0.39 is 0 Å². The first-order chi connectivity index (χ1) is 9.63. The van der Waals surface area contributed by atoms with Gasteiger partial charge in [-0.15, -0.1) is 11.3 Å². The predicted octanol–water partition coefficient (Wildman–Crippen LogP) is 3.86. The SMILES string of the molecule is COc1cccc(C(=O)/C(C#N)=C/c2ccc(C)s2)c1. The van der Waals surface area contributed by atoms with Crippen molar-refractivity contribution in [2.75, 3.05) is 7.11 Å². The van der Waals surface area contributed by atoms with E-state index in [9.17, 15) is 10.1 Å². The molecule has 100 valence electrons. The summed E-state index contributed by atoms with van der Waals surface area (Å²) in [7, 11) is 1.54. The molecule has 0 fully saturated rings. The van der Waals surface area contributed by atoms with Crippen molar-refractivity contribution in [1.29, 1.82) is 5.26 Å². The lowest BCUT2D eigenvalue weighted by Gasteiger charge is -2.02. The Morgan fingerprint density at radius 1 is 1.35 bits per heavy atom. The summed E-state index contributed by atoms with van der Waals surface area (Å²) in [6.07, 6.45) is 1.62. The summed E-state index contributed by atoms with van der Waals surface area (Å²) in [6.45, 7) is 1.98. The van der Waals surface area contributed by atoms with Gasteiger partial charge in [0.25, 0.3) is 0 Å². The van der Waals surface area contributed by atoms with Crippen molar-refractivity contribution in [2.45, 2.75) is 6.92 Å². The molecule has 4 heteroatoms. The van der Waals surface area contributed by atoms with Gasteiger partial charge >= 0.3 is 0 Å². The van der Waals surface area contributed by atoms with E-state index in [4.69, 9.17) is 4.74 Å². The van der Waals surface area contributed by atoms with E-state index in [1.807, 2.05) is 25.1 Å². The maximum absolute atomic E-state index is 12.3. The molecular formula is C16H13NO2S. The van der Waals surface area contributed by atoms with Crippen molar-refractivity contribution in [3.8, 4) is 11.8 Å². The fourth-order valence-electron chi connectivity index (χ4n) is 1.74. The maximum atomic E-state index is 12.3. The van der Waals surface area contributed by atoms with Crippen LogP contribution in [0.25, 0.3) is 6.08 Å². The van der Waals surface area contributed by atoms with Gasteiger partial charge in [-0.2, -0.15) is 5.26 Å². The molecular weight excluding hydrogens is 270 g/mol. The van der Waals surface area contributed by atoms with Crippen molar-refractivity contribution in [3.63, 3.8) is 0 Å². The second-order valence-electron chi connectivity index (χ2n) is 4.18. The lowest BCUT2D eigenvalue weighted by molar-refractivity contribution is 0.103. The lowest BCUT2D eigenvalue weighted by Crippen LogP contribution is -2.02. The van der Waals surface area contributed by atoms with Crippen LogP contribution in [-0.4, -0.2) is 12.9 Å². The quantitative estimate of drug-likeness (QED) is 0.486. The van der Waals surface area contributed by atoms with E-state index >= 15 is 0 Å². The average Bonchev–Trinajstić information content (AvgIpc) is 2.89. The topological polar surface area (TPSA) is 50.1 Å². The van der Waals surface area contributed by atoms with Crippen LogP contribution in [0.3, 0.4) is 0 Å². The summed E-state index contributed by atoms with van der Waals surface area (Å²) < 4.78 is 5.09. The zero-order valence-corrected chi connectivity index (χ0v) is 12.0. The third kappa shape index (κ3) is 3.14. The Bertz CT molecular complexity index is 707. The van der Waals surface area contributed by atoms with Crippen LogP contribution in [0, 0.1) is 18.3 Å². The van der Waals surface area contributed by atoms with Crippen LogP contribution in [0.2, 0.25) is 0 Å². The van der Waals surface area contributed by atoms with Gasteiger partial charge in [0.15, 0.2) is 0 Å². The molecule has 2 aromatic rings. The molecule has 20 heavy (non-hydrogen) atoms. The Balaban J connectivity index is 2.34. The number of nitriles is 1. The number of rotatable bonds is 4. The Morgan fingerprint density at radius 3 is 2.75 bits per heavy atom. The number of hydrogen-bond acceptors (Lipinski definition) is 4. The molecule has 3 nitrogen and oxygen atoms in total. The van der Waals surface area contributed by atoms with Crippen LogP contribution in [-0.2, 0) is 0 Å². The Hall–Kier alpha value is -2.38. The van der Waals surface area contributed by atoms with E-state index in [1.54, 1.807) is 48.8 Å². The molecule has 0 spiro atoms. The van der Waals surface area contributed by atoms with Gasteiger partial charge in [0.2, 0.25) is 5.78 Å². The number of allylic oxidation sites excluding steroid dienone is 1. The van der Waals surface area contributed by atoms with Gasteiger partial charge in [-0.3, -0.25) is 4.79 Å². The number of ketones is 1. The molecule has 0 bridgehead atoms. The predicted molar refractivity (Wildman–Crippen MR) is 80.0 cm³/mol. The molecule has 0 aliphatic rings. The van der Waals surface area contributed by atoms with E-state index in [-0.39, 0.29) is 11.4 Å². The fourth-order valence-corrected chi connectivity index (χ4v) is 2.56. The third-order valence-corrected chi connectivity index (χ3v) is 3.69. The third-order valence-electron chi connectivity index (χ3n) is 2.74. The zero-order valence-electron chi connectivity index (χ0n) is 11.2. The molecule has 0 N–H and O–H groups in total. The number of carbonyl (C=O) groups excluding carboxylic acids is 1. The standard InChI is InChI=1S/C16H13NO2S/c1-11-6-7-15(20-11)9-13(10-17)16(18)12-4-3-5-14(8-12)19-2/h3-9H,1-2H3/b13-9+. The smallest absolute Gasteiger partial charge is 0.203 e. The summed E-state index contributed by atoms with van der Waals surface area (Å²) in [4.78, 5) is 14.4. The molecule has 0 aliphatic heterocycles. The van der Waals surface area contributed by atoms with Crippen molar-refractivity contribution < 1.29 is 9.53 Å². The second-order valence-corrected chi connectivity index (χ2v) is 5.50. The highest BCUT2D eigenvalue weighted by molar-refractivity contribution is 7.12. The van der Waals surface area contributed by atoms with E-state index in [1.165, 1.54) is 0 Å². The maximum Gasteiger partial charge on any atom is 0.203 e. The minimum Gasteiger partial charge on any atom is -0.497 e. The first-order valence-corrected chi connectivity index (χ1v) is 6.82. The highest BCUT2D eigenvalue weighted by atomic mass is 32.1. The van der Waals surface area contributed by atoms with Crippen LogP contribution < -0.4 is 4.74 Å². The van der Waals surface area contributed by atoms with Crippen LogP contribution in [0.15, 0.2) is 42.0 Å². The molecule has 0 radical (unpaired) electrons. The normalized spacial score (nSPS) is 10.9. The molecule has 0 saturated carbocycles. The summed E-state index contributed by atoms with van der Waals surface area (Å²) in [5.74, 6) is 0.303. The number of thiophene rings is 1. The van der Waals surface area contributed by atoms with Crippen LogP contribution in [0.1, 0.15) is 20.1 Å². The average molecular weight is 283 g/mol. The van der Waals surface area contributed by atoms with Crippen LogP contribution >= 0.6 is 11.3 Å². The highest BCUT2D eigenvalue weighted by Gasteiger charge is 2.13. The molecule has 1 aromatic heterocycles. The first kappa shape index (κ1) is 14.0. The lowest BCUT2D eigenvalue weighted by atomic mass is 10.0. The number of benzene rings is 1. The van der Waals surface area contributed by atoms with E-state index in [2.05, 4.69) is 0 Å². The number of ether oxygens (including phenoxy) is 1. The van der Waals surface area contributed by atoms with Crippen molar-refractivity contribution in [1.82, 2.24) is 0 Å². The van der Waals surface area contributed by atoms with Gasteiger partial charge in [0.1, 0.15) is 17.4 Å². The highest BCUT2D eigenvalue weighted by Crippen LogP contribution is 2.21. The number of Topliss-reactive ketones (excluding diaryl/α,β-unsaturated/α-hetero) is 1. The molecule has 2 rings (SSSR count). The Morgan fingerprint density at radius 2 is 2.15 bits per heavy atom. The van der Waals surface area contributed by atoms with Crippen LogP contribution in [0.5, 0.6) is 5.75 Å². The van der Waals surface area contributed by atoms with Gasteiger partial charge in [-0.05, 0) is 37.3 Å². The minimum absolute atomic E-state index is 0.125. The van der Waals surface area contributed by atoms with Gasteiger partial charge in [-0.1, -0.05) is 12.1 Å². The second kappa shape index (κ2) is 6.18. The van der Waals surface area contributed by atoms with Crippen molar-refractivity contribution in [3.05, 3.63) is 57.3 Å². The number of nitrogens with zero attached hydrogens (tertiary/aromatic N) is 1. The monoisotopic (exact) mass is 283 g/mol. The summed E-state index contributed by atoms with van der Waals surface area (Å²) >= 11 is 1.55. The summed E-state index contributed by atoms with van der Waals surface area (Å²) in [5.41, 5.74) is 0.575. The molecule has 0 atom stereocenters. The van der Waals surface area contributed by atoms with Crippen LogP contribution in [0.4, 0.5) is 0 Å². The summed E-state index contributed by atoms with van der Waals surface area (Å²) in [6, 6.07) is 12.6. The minimum atomic E-state index is -0.294. The first-order valence-electron chi connectivity index (χ1n) is 6.01. The molecule has 0 amide bonds. The van der Waals surface area contributed by atoms with Crippen molar-refractivity contribution in [2.24, 2.45) is 0 Å². The fraction of sp³-hybridized carbons (Fsp3) is 0.125. The molecule has 0 saturated heterocycles. The zero-order chi connectivity index (χ0) is 14.5. The van der Waals surface area contributed by atoms with Gasteiger partial charge in [-0.25, -0.2) is 0 Å². The molecule has 0 aliphatic carbocycles. The Kier molecular flexibility index (Phi) is 4.34. The van der Waals surface area contributed by atoms with Gasteiger partial charge < -0.3 is 4.74 Å².